The fourth-order valence-corrected chi connectivity index (χ4v) is 4.89. The molecule has 1 saturated carbocycles. The Bertz CT molecular complexity index is 531. The lowest BCUT2D eigenvalue weighted by atomic mass is 9.62. The van der Waals surface area contributed by atoms with E-state index >= 15 is 0 Å². The van der Waals surface area contributed by atoms with Gasteiger partial charge in [0.25, 0.3) is 0 Å². The molecular formula is C18H23NS. The van der Waals surface area contributed by atoms with Crippen LogP contribution in [0.1, 0.15) is 57.4 Å². The first-order chi connectivity index (χ1) is 9.54. The van der Waals surface area contributed by atoms with Crippen molar-refractivity contribution < 1.29 is 0 Å². The Morgan fingerprint density at radius 3 is 2.60 bits per heavy atom. The van der Waals surface area contributed by atoms with E-state index < -0.39 is 0 Å². The summed E-state index contributed by atoms with van der Waals surface area (Å²) in [6.45, 7) is 4.68. The molecule has 0 N–H and O–H groups in total. The molecule has 3 rings (SSSR count). The van der Waals surface area contributed by atoms with Crippen LogP contribution in [0.2, 0.25) is 0 Å². The molecule has 0 saturated heterocycles. The zero-order valence-corrected chi connectivity index (χ0v) is 13.3. The third-order valence-corrected chi connectivity index (χ3v) is 6.49. The Kier molecular flexibility index (Phi) is 3.58. The van der Waals surface area contributed by atoms with Gasteiger partial charge in [-0.3, -0.25) is 0 Å². The third-order valence-electron chi connectivity index (χ3n) is 5.23. The average Bonchev–Trinajstić information content (AvgIpc) is 2.85. The highest BCUT2D eigenvalue weighted by Gasteiger charge is 2.41. The van der Waals surface area contributed by atoms with Crippen LogP contribution in [0.15, 0.2) is 29.2 Å². The summed E-state index contributed by atoms with van der Waals surface area (Å²) in [4.78, 5) is 1.43. The van der Waals surface area contributed by atoms with Crippen LogP contribution in [-0.2, 0) is 0 Å². The molecule has 2 aliphatic rings. The van der Waals surface area contributed by atoms with E-state index in [1.165, 1.54) is 23.3 Å². The van der Waals surface area contributed by atoms with Crippen LogP contribution in [0.5, 0.6) is 0 Å². The summed E-state index contributed by atoms with van der Waals surface area (Å²) in [5, 5.41) is 9.76. The number of hydrogen-bond acceptors (Lipinski definition) is 2. The van der Waals surface area contributed by atoms with E-state index in [2.05, 4.69) is 44.2 Å². The maximum atomic E-state index is 9.76. The van der Waals surface area contributed by atoms with E-state index in [1.807, 2.05) is 11.8 Å². The predicted octanol–water partition coefficient (Wildman–Crippen LogP) is 5.38. The van der Waals surface area contributed by atoms with Gasteiger partial charge in [0, 0.05) is 10.6 Å². The first-order valence-corrected chi connectivity index (χ1v) is 8.65. The first-order valence-electron chi connectivity index (χ1n) is 7.67. The first kappa shape index (κ1) is 14.0. The number of rotatable bonds is 2. The molecule has 0 radical (unpaired) electrons. The summed E-state index contributed by atoms with van der Waals surface area (Å²) >= 11 is 1.96. The predicted molar refractivity (Wildman–Crippen MR) is 84.8 cm³/mol. The van der Waals surface area contributed by atoms with Crippen molar-refractivity contribution in [1.29, 1.82) is 5.26 Å². The highest BCUT2D eigenvalue weighted by atomic mass is 32.2. The van der Waals surface area contributed by atoms with Crippen molar-refractivity contribution in [2.24, 2.45) is 10.8 Å². The SMILES string of the molecule is CC1(C)CCC(C#N)(CC2CSc3ccccc32)CC1. The van der Waals surface area contributed by atoms with Gasteiger partial charge in [-0.25, -0.2) is 0 Å². The second kappa shape index (κ2) is 5.11. The van der Waals surface area contributed by atoms with Crippen LogP contribution in [0, 0.1) is 22.2 Å². The van der Waals surface area contributed by atoms with Crippen LogP contribution in [0.25, 0.3) is 0 Å². The van der Waals surface area contributed by atoms with Crippen LogP contribution in [0.3, 0.4) is 0 Å². The second-order valence-corrected chi connectivity index (χ2v) is 8.37. The number of thioether (sulfide) groups is 1. The Balaban J connectivity index is 1.76. The smallest absolute Gasteiger partial charge is 0.0689 e. The van der Waals surface area contributed by atoms with Gasteiger partial charge in [-0.15, -0.1) is 11.8 Å². The van der Waals surface area contributed by atoms with Gasteiger partial charge in [0.2, 0.25) is 0 Å². The summed E-state index contributed by atoms with van der Waals surface area (Å²) in [5.41, 5.74) is 1.85. The Morgan fingerprint density at radius 2 is 1.90 bits per heavy atom. The highest BCUT2D eigenvalue weighted by molar-refractivity contribution is 7.99. The Hall–Kier alpha value is -0.940. The maximum Gasteiger partial charge on any atom is 0.0689 e. The van der Waals surface area contributed by atoms with Crippen molar-refractivity contribution >= 4 is 11.8 Å². The molecule has 1 nitrogen and oxygen atoms in total. The molecular weight excluding hydrogens is 262 g/mol. The molecule has 1 heterocycles. The summed E-state index contributed by atoms with van der Waals surface area (Å²) < 4.78 is 0. The van der Waals surface area contributed by atoms with Crippen molar-refractivity contribution in [2.45, 2.75) is 56.8 Å². The minimum atomic E-state index is -0.0712. The van der Waals surface area contributed by atoms with Gasteiger partial charge >= 0.3 is 0 Å². The van der Waals surface area contributed by atoms with Gasteiger partial charge in [-0.1, -0.05) is 32.0 Å². The lowest BCUT2D eigenvalue weighted by Crippen LogP contribution is -2.31. The zero-order chi connectivity index (χ0) is 14.2. The van der Waals surface area contributed by atoms with Crippen molar-refractivity contribution in [3.63, 3.8) is 0 Å². The quantitative estimate of drug-likeness (QED) is 0.728. The normalized spacial score (nSPS) is 26.8. The average molecular weight is 285 g/mol. The minimum absolute atomic E-state index is 0.0712. The van der Waals surface area contributed by atoms with Crippen molar-refractivity contribution in [2.75, 3.05) is 5.75 Å². The van der Waals surface area contributed by atoms with E-state index in [4.69, 9.17) is 0 Å². The van der Waals surface area contributed by atoms with E-state index in [9.17, 15) is 5.26 Å². The molecule has 2 heteroatoms. The lowest BCUT2D eigenvalue weighted by molar-refractivity contribution is 0.133. The molecule has 0 aromatic heterocycles. The molecule has 1 aliphatic carbocycles. The molecule has 1 aromatic carbocycles. The number of nitrogens with zero attached hydrogens (tertiary/aromatic N) is 1. The molecule has 106 valence electrons. The van der Waals surface area contributed by atoms with Crippen molar-refractivity contribution in [1.82, 2.24) is 0 Å². The lowest BCUT2D eigenvalue weighted by Gasteiger charge is -2.40. The van der Waals surface area contributed by atoms with E-state index in [-0.39, 0.29) is 5.41 Å². The minimum Gasteiger partial charge on any atom is -0.198 e. The van der Waals surface area contributed by atoms with Crippen LogP contribution >= 0.6 is 11.8 Å². The largest absolute Gasteiger partial charge is 0.198 e. The number of benzene rings is 1. The van der Waals surface area contributed by atoms with E-state index in [0.29, 0.717) is 11.3 Å². The fraction of sp³-hybridized carbons (Fsp3) is 0.611. The molecule has 1 unspecified atom stereocenters. The van der Waals surface area contributed by atoms with Crippen LogP contribution < -0.4 is 0 Å². The molecule has 1 atom stereocenters. The Morgan fingerprint density at radius 1 is 1.20 bits per heavy atom. The molecule has 1 aromatic rings. The molecule has 0 spiro atoms. The van der Waals surface area contributed by atoms with Gasteiger partial charge in [-0.2, -0.15) is 5.26 Å². The summed E-state index contributed by atoms with van der Waals surface area (Å²) in [6.07, 6.45) is 5.62. The van der Waals surface area contributed by atoms with Crippen LogP contribution in [0.4, 0.5) is 0 Å². The zero-order valence-electron chi connectivity index (χ0n) is 12.5. The van der Waals surface area contributed by atoms with E-state index in [0.717, 1.165) is 25.0 Å². The molecule has 0 bridgehead atoms. The van der Waals surface area contributed by atoms with Gasteiger partial charge in [0.05, 0.1) is 11.5 Å². The molecule has 1 fully saturated rings. The van der Waals surface area contributed by atoms with Crippen LogP contribution in [-0.4, -0.2) is 5.75 Å². The summed E-state index contributed by atoms with van der Waals surface area (Å²) in [7, 11) is 0. The maximum absolute atomic E-state index is 9.76. The Labute approximate surface area is 126 Å². The monoisotopic (exact) mass is 285 g/mol. The number of hydrogen-bond donors (Lipinski definition) is 0. The standard InChI is InChI=1S/C18H23NS/c1-17(2)7-9-18(13-19,10-8-17)11-14-12-20-16-6-4-3-5-15(14)16/h3-6,14H,7-12H2,1-2H3. The second-order valence-electron chi connectivity index (χ2n) is 7.31. The fourth-order valence-electron chi connectivity index (χ4n) is 3.64. The van der Waals surface area contributed by atoms with Gasteiger partial charge < -0.3 is 0 Å². The van der Waals surface area contributed by atoms with E-state index in [1.54, 1.807) is 0 Å². The number of nitriles is 1. The van der Waals surface area contributed by atoms with Crippen molar-refractivity contribution in [3.8, 4) is 6.07 Å². The molecule has 0 amide bonds. The summed E-state index contributed by atoms with van der Waals surface area (Å²) in [6, 6.07) is 11.5. The molecule has 1 aliphatic heterocycles. The topological polar surface area (TPSA) is 23.8 Å². The van der Waals surface area contributed by atoms with Gasteiger partial charge in [0.15, 0.2) is 0 Å². The number of fused-ring (bicyclic) bond motifs is 1. The highest BCUT2D eigenvalue weighted by Crippen LogP contribution is 2.52. The summed E-state index contributed by atoms with van der Waals surface area (Å²) in [5.74, 6) is 1.74. The van der Waals surface area contributed by atoms with Gasteiger partial charge in [-0.05, 0) is 55.1 Å². The third kappa shape index (κ3) is 2.61. The van der Waals surface area contributed by atoms with Gasteiger partial charge in [0.1, 0.15) is 0 Å². The molecule has 20 heavy (non-hydrogen) atoms. The van der Waals surface area contributed by atoms with Crippen molar-refractivity contribution in [3.05, 3.63) is 29.8 Å².